The molecule has 2 aliphatic rings. The molecule has 3 nitrogen and oxygen atoms in total. The van der Waals surface area contributed by atoms with Crippen LogP contribution in [0.15, 0.2) is 17.1 Å². The second-order valence-corrected chi connectivity index (χ2v) is 6.13. The van der Waals surface area contributed by atoms with Crippen molar-refractivity contribution in [3.8, 4) is 0 Å². The average Bonchev–Trinajstić information content (AvgIpc) is 2.72. The van der Waals surface area contributed by atoms with Crippen LogP contribution in [0.4, 0.5) is 5.69 Å². The van der Waals surface area contributed by atoms with E-state index in [2.05, 4.69) is 41.6 Å². The van der Waals surface area contributed by atoms with Crippen molar-refractivity contribution in [2.75, 3.05) is 18.9 Å². The first-order chi connectivity index (χ1) is 9.71. The Balaban J connectivity index is 1.92. The summed E-state index contributed by atoms with van der Waals surface area (Å²) in [7, 11) is 1.91. The van der Waals surface area contributed by atoms with Gasteiger partial charge in [-0.25, -0.2) is 0 Å². The Kier molecular flexibility index (Phi) is 3.55. The van der Waals surface area contributed by atoms with E-state index in [0.717, 1.165) is 13.1 Å². The predicted molar refractivity (Wildman–Crippen MR) is 85.7 cm³/mol. The van der Waals surface area contributed by atoms with Gasteiger partial charge in [0.15, 0.2) is 0 Å². The highest BCUT2D eigenvalue weighted by Crippen LogP contribution is 2.52. The zero-order chi connectivity index (χ0) is 14.2. The summed E-state index contributed by atoms with van der Waals surface area (Å²) in [5.41, 5.74) is 5.77. The fourth-order valence-corrected chi connectivity index (χ4v) is 3.52. The topological polar surface area (TPSA) is 36.4 Å². The van der Waals surface area contributed by atoms with Crippen LogP contribution in [-0.2, 0) is 12.0 Å². The molecule has 0 atom stereocenters. The van der Waals surface area contributed by atoms with Crippen molar-refractivity contribution in [3.05, 3.63) is 28.8 Å². The van der Waals surface area contributed by atoms with Crippen molar-refractivity contribution >= 4 is 11.5 Å². The highest BCUT2D eigenvalue weighted by Gasteiger charge is 2.49. The van der Waals surface area contributed by atoms with Gasteiger partial charge < -0.3 is 10.6 Å². The van der Waals surface area contributed by atoms with Crippen LogP contribution in [0.5, 0.6) is 0 Å². The predicted octanol–water partition coefficient (Wildman–Crippen LogP) is 3.37. The third kappa shape index (κ3) is 1.96. The van der Waals surface area contributed by atoms with Gasteiger partial charge in [0.1, 0.15) is 5.84 Å². The lowest BCUT2D eigenvalue weighted by molar-refractivity contribution is 0.347. The smallest absolute Gasteiger partial charge is 0.111 e. The summed E-state index contributed by atoms with van der Waals surface area (Å²) in [6, 6.07) is 4.72. The van der Waals surface area contributed by atoms with Gasteiger partial charge in [0.2, 0.25) is 0 Å². The highest BCUT2D eigenvalue weighted by molar-refractivity contribution is 6.10. The number of aryl methyl sites for hydroxylation is 1. The average molecular weight is 271 g/mol. The van der Waals surface area contributed by atoms with E-state index in [-0.39, 0.29) is 5.41 Å². The molecule has 3 rings (SSSR count). The molecule has 0 saturated heterocycles. The zero-order valence-electron chi connectivity index (χ0n) is 12.8. The molecule has 0 radical (unpaired) electrons. The normalized spacial score (nSPS) is 20.9. The maximum atomic E-state index is 4.50. The first-order valence-corrected chi connectivity index (χ1v) is 7.80. The molecule has 0 unspecified atom stereocenters. The maximum absolute atomic E-state index is 4.50. The minimum absolute atomic E-state index is 0.213. The van der Waals surface area contributed by atoms with E-state index >= 15 is 0 Å². The van der Waals surface area contributed by atoms with Crippen molar-refractivity contribution in [2.45, 2.75) is 51.5 Å². The van der Waals surface area contributed by atoms with Gasteiger partial charge in [0, 0.05) is 19.3 Å². The van der Waals surface area contributed by atoms with Gasteiger partial charge in [-0.2, -0.15) is 0 Å². The van der Waals surface area contributed by atoms with Crippen LogP contribution < -0.4 is 10.6 Å². The number of benzene rings is 1. The van der Waals surface area contributed by atoms with Crippen LogP contribution in [0.2, 0.25) is 0 Å². The van der Waals surface area contributed by atoms with E-state index in [1.807, 2.05) is 7.05 Å². The Morgan fingerprint density at radius 3 is 2.75 bits per heavy atom. The molecule has 1 aliphatic carbocycles. The van der Waals surface area contributed by atoms with Crippen LogP contribution >= 0.6 is 0 Å². The molecule has 1 spiro atoms. The van der Waals surface area contributed by atoms with Crippen molar-refractivity contribution in [3.63, 3.8) is 0 Å². The summed E-state index contributed by atoms with van der Waals surface area (Å²) >= 11 is 0. The van der Waals surface area contributed by atoms with E-state index in [1.54, 1.807) is 0 Å². The highest BCUT2D eigenvalue weighted by atomic mass is 15.1. The second kappa shape index (κ2) is 5.21. The molecule has 2 N–H and O–H groups in total. The Morgan fingerprint density at radius 2 is 2.15 bits per heavy atom. The summed E-state index contributed by atoms with van der Waals surface area (Å²) in [4.78, 5) is 4.50. The third-order valence-corrected chi connectivity index (χ3v) is 4.87. The Morgan fingerprint density at radius 1 is 1.35 bits per heavy atom. The molecule has 0 amide bonds. The van der Waals surface area contributed by atoms with E-state index in [1.165, 1.54) is 53.9 Å². The van der Waals surface area contributed by atoms with Crippen LogP contribution in [0.1, 0.15) is 49.3 Å². The minimum atomic E-state index is 0.213. The number of amidine groups is 1. The van der Waals surface area contributed by atoms with Gasteiger partial charge in [-0.15, -0.1) is 0 Å². The van der Waals surface area contributed by atoms with Gasteiger partial charge >= 0.3 is 0 Å². The molecule has 0 bridgehead atoms. The van der Waals surface area contributed by atoms with Gasteiger partial charge in [0.25, 0.3) is 0 Å². The summed E-state index contributed by atoms with van der Waals surface area (Å²) in [6.07, 6.45) is 4.98. The minimum Gasteiger partial charge on any atom is -0.343 e. The molecule has 1 aromatic rings. The van der Waals surface area contributed by atoms with E-state index in [9.17, 15) is 0 Å². The molecule has 1 aliphatic heterocycles. The van der Waals surface area contributed by atoms with Gasteiger partial charge in [0.05, 0.1) is 5.41 Å². The fraction of sp³-hybridized carbons (Fsp3) is 0.588. The fourth-order valence-electron chi connectivity index (χ4n) is 3.52. The molecule has 0 aromatic heterocycles. The van der Waals surface area contributed by atoms with E-state index < -0.39 is 0 Å². The van der Waals surface area contributed by atoms with Gasteiger partial charge in [-0.3, -0.25) is 4.99 Å². The number of hydrogen-bond acceptors (Lipinski definition) is 2. The number of anilines is 1. The first kappa shape index (κ1) is 13.6. The number of fused-ring (bicyclic) bond motifs is 2. The van der Waals surface area contributed by atoms with E-state index in [0.29, 0.717) is 0 Å². The molecule has 1 fully saturated rings. The molecule has 108 valence electrons. The van der Waals surface area contributed by atoms with Crippen molar-refractivity contribution in [1.29, 1.82) is 0 Å². The first-order valence-electron chi connectivity index (χ1n) is 7.80. The molecule has 20 heavy (non-hydrogen) atoms. The Bertz CT molecular complexity index is 541. The van der Waals surface area contributed by atoms with Crippen LogP contribution in [0, 0.1) is 6.92 Å². The van der Waals surface area contributed by atoms with Gasteiger partial charge in [-0.1, -0.05) is 19.4 Å². The molecule has 1 saturated carbocycles. The van der Waals surface area contributed by atoms with E-state index in [4.69, 9.17) is 0 Å². The molecule has 1 aromatic carbocycles. The Labute approximate surface area is 121 Å². The second-order valence-electron chi connectivity index (χ2n) is 6.13. The standard InChI is InChI=1S/C17H25N3/c1-4-8-19-11-13-10-15-14(9-12(13)2)17(6-5-7-17)16(18-3)20-15/h9-10,19H,4-8,11H2,1-3H3,(H,18,20). The lowest BCUT2D eigenvalue weighted by atomic mass is 9.64. The number of nitrogens with one attached hydrogen (secondary N) is 2. The van der Waals surface area contributed by atoms with Gasteiger partial charge in [-0.05, 0) is 55.5 Å². The largest absolute Gasteiger partial charge is 0.343 e. The van der Waals surface area contributed by atoms with Crippen molar-refractivity contribution in [2.24, 2.45) is 4.99 Å². The number of nitrogens with zero attached hydrogens (tertiary/aromatic N) is 1. The summed E-state index contributed by atoms with van der Waals surface area (Å²) in [6.45, 7) is 6.47. The summed E-state index contributed by atoms with van der Waals surface area (Å²) in [5, 5.41) is 7.06. The Hall–Kier alpha value is -1.35. The molecule has 1 heterocycles. The lowest BCUT2D eigenvalue weighted by Crippen LogP contribution is -2.41. The zero-order valence-corrected chi connectivity index (χ0v) is 12.8. The van der Waals surface area contributed by atoms with Crippen LogP contribution in [0.3, 0.4) is 0 Å². The molecule has 3 heteroatoms. The molecular formula is C17H25N3. The SMILES string of the molecule is CCCNCc1cc2c(cc1C)C1(CCC1)C(=NC)N2. The third-order valence-electron chi connectivity index (χ3n) is 4.87. The lowest BCUT2D eigenvalue weighted by Gasteiger charge is -2.38. The van der Waals surface area contributed by atoms with Crippen molar-refractivity contribution < 1.29 is 0 Å². The van der Waals surface area contributed by atoms with Crippen molar-refractivity contribution in [1.82, 2.24) is 5.32 Å². The summed E-state index contributed by atoms with van der Waals surface area (Å²) < 4.78 is 0. The summed E-state index contributed by atoms with van der Waals surface area (Å²) in [5.74, 6) is 1.18. The monoisotopic (exact) mass is 271 g/mol. The number of aliphatic imine (C=N–C) groups is 1. The van der Waals surface area contributed by atoms with Crippen LogP contribution in [-0.4, -0.2) is 19.4 Å². The van der Waals surface area contributed by atoms with Crippen LogP contribution in [0.25, 0.3) is 0 Å². The maximum Gasteiger partial charge on any atom is 0.111 e. The quantitative estimate of drug-likeness (QED) is 0.824. The number of rotatable bonds is 4. The number of hydrogen-bond donors (Lipinski definition) is 2. The molecular weight excluding hydrogens is 246 g/mol.